The Labute approximate surface area is 114 Å². The van der Waals surface area contributed by atoms with Crippen LogP contribution in [0.4, 0.5) is 4.39 Å². The first-order valence-corrected chi connectivity index (χ1v) is 7.05. The van der Waals surface area contributed by atoms with Crippen molar-refractivity contribution >= 4 is 5.78 Å². The molecule has 0 radical (unpaired) electrons. The zero-order valence-corrected chi connectivity index (χ0v) is 11.6. The second kappa shape index (κ2) is 6.18. The topological polar surface area (TPSA) is 26.3 Å². The highest BCUT2D eigenvalue weighted by molar-refractivity contribution is 5.98. The standard InChI is InChI=1S/C16H21FO2/c1-3-11-6-4-5-7-13(11)16(18)12-8-9-15(19-2)14(17)10-12/h8-11,13H,3-7H2,1-2H3. The number of rotatable bonds is 4. The maximum Gasteiger partial charge on any atom is 0.166 e. The van der Waals surface area contributed by atoms with Gasteiger partial charge in [0.25, 0.3) is 0 Å². The van der Waals surface area contributed by atoms with Crippen LogP contribution in [0.1, 0.15) is 49.4 Å². The largest absolute Gasteiger partial charge is 0.494 e. The Kier molecular flexibility index (Phi) is 4.56. The Hall–Kier alpha value is -1.38. The minimum absolute atomic E-state index is 0.0616. The molecule has 19 heavy (non-hydrogen) atoms. The lowest BCUT2D eigenvalue weighted by molar-refractivity contribution is 0.0820. The van der Waals surface area contributed by atoms with Gasteiger partial charge >= 0.3 is 0 Å². The molecule has 1 saturated carbocycles. The molecule has 3 heteroatoms. The van der Waals surface area contributed by atoms with Crippen molar-refractivity contribution in [2.75, 3.05) is 7.11 Å². The number of ether oxygens (including phenoxy) is 1. The number of hydrogen-bond donors (Lipinski definition) is 0. The summed E-state index contributed by atoms with van der Waals surface area (Å²) < 4.78 is 18.6. The third-order valence-corrected chi connectivity index (χ3v) is 4.21. The summed E-state index contributed by atoms with van der Waals surface area (Å²) in [5.74, 6) is 0.329. The maximum absolute atomic E-state index is 13.7. The molecule has 0 saturated heterocycles. The number of carbonyl (C=O) groups is 1. The normalized spacial score (nSPS) is 23.1. The predicted molar refractivity (Wildman–Crippen MR) is 73.0 cm³/mol. The van der Waals surface area contributed by atoms with E-state index in [0.717, 1.165) is 25.7 Å². The zero-order chi connectivity index (χ0) is 13.8. The fourth-order valence-electron chi connectivity index (χ4n) is 3.08. The number of hydrogen-bond acceptors (Lipinski definition) is 2. The first kappa shape index (κ1) is 14.0. The van der Waals surface area contributed by atoms with Gasteiger partial charge in [-0.2, -0.15) is 0 Å². The van der Waals surface area contributed by atoms with E-state index in [4.69, 9.17) is 4.74 Å². The summed E-state index contributed by atoms with van der Waals surface area (Å²) in [5, 5.41) is 0. The van der Waals surface area contributed by atoms with E-state index < -0.39 is 5.82 Å². The van der Waals surface area contributed by atoms with Crippen LogP contribution in [-0.4, -0.2) is 12.9 Å². The van der Waals surface area contributed by atoms with Crippen molar-refractivity contribution in [3.05, 3.63) is 29.6 Å². The third-order valence-electron chi connectivity index (χ3n) is 4.21. The molecule has 1 aliphatic carbocycles. The second-order valence-corrected chi connectivity index (χ2v) is 5.27. The zero-order valence-electron chi connectivity index (χ0n) is 11.6. The van der Waals surface area contributed by atoms with E-state index in [0.29, 0.717) is 11.5 Å². The van der Waals surface area contributed by atoms with Crippen LogP contribution >= 0.6 is 0 Å². The summed E-state index contributed by atoms with van der Waals surface area (Å²) in [6.07, 6.45) is 5.39. The average molecular weight is 264 g/mol. The molecule has 2 atom stereocenters. The fraction of sp³-hybridized carbons (Fsp3) is 0.562. The SMILES string of the molecule is CCC1CCCCC1C(=O)c1ccc(OC)c(F)c1. The van der Waals surface area contributed by atoms with Gasteiger partial charge in [0, 0.05) is 11.5 Å². The van der Waals surface area contributed by atoms with Crippen LogP contribution in [-0.2, 0) is 0 Å². The summed E-state index contributed by atoms with van der Waals surface area (Å²) in [6, 6.07) is 4.51. The molecular formula is C16H21FO2. The van der Waals surface area contributed by atoms with E-state index in [9.17, 15) is 9.18 Å². The molecule has 1 aliphatic rings. The van der Waals surface area contributed by atoms with E-state index >= 15 is 0 Å². The Balaban J connectivity index is 2.20. The molecule has 0 N–H and O–H groups in total. The molecule has 0 bridgehead atoms. The highest BCUT2D eigenvalue weighted by atomic mass is 19.1. The predicted octanol–water partition coefficient (Wildman–Crippen LogP) is 4.23. The Morgan fingerprint density at radius 3 is 2.74 bits per heavy atom. The quantitative estimate of drug-likeness (QED) is 0.760. The molecule has 0 spiro atoms. The van der Waals surface area contributed by atoms with Gasteiger partial charge in [0.05, 0.1) is 7.11 Å². The van der Waals surface area contributed by atoms with Crippen LogP contribution in [0, 0.1) is 17.7 Å². The number of carbonyl (C=O) groups excluding carboxylic acids is 1. The van der Waals surface area contributed by atoms with E-state index in [1.165, 1.54) is 25.7 Å². The summed E-state index contributed by atoms with van der Waals surface area (Å²) in [4.78, 5) is 12.5. The van der Waals surface area contributed by atoms with Crippen LogP contribution in [0.5, 0.6) is 5.75 Å². The molecule has 2 nitrogen and oxygen atoms in total. The Bertz CT molecular complexity index is 456. The van der Waals surface area contributed by atoms with Crippen molar-refractivity contribution in [2.24, 2.45) is 11.8 Å². The number of methoxy groups -OCH3 is 1. The summed E-state index contributed by atoms with van der Waals surface area (Å²) in [5.41, 5.74) is 0.476. The van der Waals surface area contributed by atoms with Gasteiger partial charge in [0.2, 0.25) is 0 Å². The lowest BCUT2D eigenvalue weighted by Gasteiger charge is -2.29. The molecule has 0 aliphatic heterocycles. The van der Waals surface area contributed by atoms with Gasteiger partial charge < -0.3 is 4.74 Å². The molecular weight excluding hydrogens is 243 g/mol. The van der Waals surface area contributed by atoms with Gasteiger partial charge in [-0.05, 0) is 37.0 Å². The first-order valence-electron chi connectivity index (χ1n) is 7.05. The van der Waals surface area contributed by atoms with Gasteiger partial charge in [-0.15, -0.1) is 0 Å². The number of halogens is 1. The Morgan fingerprint density at radius 1 is 1.37 bits per heavy atom. The van der Waals surface area contributed by atoms with Gasteiger partial charge in [-0.25, -0.2) is 4.39 Å². The lowest BCUT2D eigenvalue weighted by atomic mass is 9.74. The summed E-state index contributed by atoms with van der Waals surface area (Å²) in [7, 11) is 1.42. The van der Waals surface area contributed by atoms with Crippen molar-refractivity contribution in [1.82, 2.24) is 0 Å². The van der Waals surface area contributed by atoms with Crippen LogP contribution in [0.25, 0.3) is 0 Å². The van der Waals surface area contributed by atoms with E-state index in [2.05, 4.69) is 6.92 Å². The van der Waals surface area contributed by atoms with Crippen molar-refractivity contribution in [3.63, 3.8) is 0 Å². The van der Waals surface area contributed by atoms with Gasteiger partial charge in [-0.3, -0.25) is 4.79 Å². The number of Topliss-reactive ketones (excluding diaryl/α,β-unsaturated/α-hetero) is 1. The van der Waals surface area contributed by atoms with E-state index in [-0.39, 0.29) is 17.5 Å². The van der Waals surface area contributed by atoms with Crippen molar-refractivity contribution in [1.29, 1.82) is 0 Å². The van der Waals surface area contributed by atoms with Crippen LogP contribution < -0.4 is 4.74 Å². The maximum atomic E-state index is 13.7. The molecule has 2 unspecified atom stereocenters. The minimum atomic E-state index is -0.461. The van der Waals surface area contributed by atoms with Gasteiger partial charge in [-0.1, -0.05) is 26.2 Å². The van der Waals surface area contributed by atoms with Crippen molar-refractivity contribution in [3.8, 4) is 5.75 Å². The molecule has 0 amide bonds. The second-order valence-electron chi connectivity index (χ2n) is 5.27. The van der Waals surface area contributed by atoms with Gasteiger partial charge in [0.1, 0.15) is 0 Å². The Morgan fingerprint density at radius 2 is 2.11 bits per heavy atom. The van der Waals surface area contributed by atoms with Crippen molar-refractivity contribution < 1.29 is 13.9 Å². The third kappa shape index (κ3) is 2.96. The lowest BCUT2D eigenvalue weighted by Crippen LogP contribution is -2.27. The van der Waals surface area contributed by atoms with E-state index in [1.807, 2.05) is 0 Å². The molecule has 1 aromatic carbocycles. The van der Waals surface area contributed by atoms with E-state index in [1.54, 1.807) is 6.07 Å². The minimum Gasteiger partial charge on any atom is -0.494 e. The fourth-order valence-corrected chi connectivity index (χ4v) is 3.08. The summed E-state index contributed by atoms with van der Waals surface area (Å²) in [6.45, 7) is 2.13. The van der Waals surface area contributed by atoms with Crippen LogP contribution in [0.3, 0.4) is 0 Å². The average Bonchev–Trinajstić information content (AvgIpc) is 2.46. The number of ketones is 1. The molecule has 2 rings (SSSR count). The highest BCUT2D eigenvalue weighted by Crippen LogP contribution is 2.35. The molecule has 0 heterocycles. The smallest absolute Gasteiger partial charge is 0.166 e. The molecule has 0 aromatic heterocycles. The molecule has 104 valence electrons. The monoisotopic (exact) mass is 264 g/mol. The van der Waals surface area contributed by atoms with Crippen molar-refractivity contribution in [2.45, 2.75) is 39.0 Å². The molecule has 1 aromatic rings. The highest BCUT2D eigenvalue weighted by Gasteiger charge is 2.30. The first-order chi connectivity index (χ1) is 9.17. The molecule has 1 fully saturated rings. The van der Waals surface area contributed by atoms with Crippen LogP contribution in [0.2, 0.25) is 0 Å². The van der Waals surface area contributed by atoms with Crippen LogP contribution in [0.15, 0.2) is 18.2 Å². The number of benzene rings is 1. The van der Waals surface area contributed by atoms with Gasteiger partial charge in [0.15, 0.2) is 17.3 Å². The summed E-state index contributed by atoms with van der Waals surface area (Å²) >= 11 is 0.